The van der Waals surface area contributed by atoms with Crippen LogP contribution in [0.3, 0.4) is 0 Å². The van der Waals surface area contributed by atoms with E-state index in [2.05, 4.69) is 15.7 Å². The molecule has 0 spiro atoms. The van der Waals surface area contributed by atoms with Gasteiger partial charge in [-0.2, -0.15) is 18.3 Å². The Hall–Kier alpha value is -4.09. The predicted molar refractivity (Wildman–Crippen MR) is 126 cm³/mol. The number of methoxy groups -OCH3 is 2. The largest absolute Gasteiger partial charge is 0.493 e. The van der Waals surface area contributed by atoms with Crippen molar-refractivity contribution < 1.29 is 36.9 Å². The maximum Gasteiger partial charge on any atom is 0.410 e. The van der Waals surface area contributed by atoms with Crippen LogP contribution in [-0.4, -0.2) is 49.4 Å². The summed E-state index contributed by atoms with van der Waals surface area (Å²) in [5.74, 6) is 1.73. The van der Waals surface area contributed by atoms with Crippen molar-refractivity contribution in [3.05, 3.63) is 59.3 Å². The fourth-order valence-corrected chi connectivity index (χ4v) is 4.48. The number of benzene rings is 2. The van der Waals surface area contributed by atoms with Crippen molar-refractivity contribution in [3.63, 3.8) is 0 Å². The zero-order chi connectivity index (χ0) is 26.2. The molecule has 0 fully saturated rings. The third-order valence-electron chi connectivity index (χ3n) is 6.37. The Bertz CT molecular complexity index is 1310. The number of carbonyl (C=O) groups excluding carboxylic acids is 1. The smallest absolute Gasteiger partial charge is 0.410 e. The number of ether oxygens (including phenoxy) is 4. The number of nitrogens with zero attached hydrogens (tertiary/aromatic N) is 2. The maximum absolute atomic E-state index is 14.0. The van der Waals surface area contributed by atoms with Gasteiger partial charge in [0, 0.05) is 19.0 Å². The lowest BCUT2D eigenvalue weighted by atomic mass is 9.96. The highest BCUT2D eigenvalue weighted by Crippen LogP contribution is 2.45. The minimum absolute atomic E-state index is 0.0688. The lowest BCUT2D eigenvalue weighted by Gasteiger charge is -2.33. The van der Waals surface area contributed by atoms with Gasteiger partial charge in [0.05, 0.1) is 20.3 Å². The monoisotopic (exact) mass is 518 g/mol. The number of halogens is 3. The number of fused-ring (bicyclic) bond motifs is 2. The van der Waals surface area contributed by atoms with Crippen molar-refractivity contribution in [2.75, 3.05) is 32.9 Å². The number of rotatable bonds is 7. The first kappa shape index (κ1) is 24.6. The fraction of sp³-hybridized carbons (Fsp3) is 0.360. The minimum atomic E-state index is -4.56. The summed E-state index contributed by atoms with van der Waals surface area (Å²) in [5.41, 5.74) is 1.41. The molecule has 1 aromatic heterocycles. The molecule has 12 heteroatoms. The lowest BCUT2D eigenvalue weighted by Crippen LogP contribution is -2.35. The SMILES string of the molecule is COc1ccc(CCNC(=O)c2cc3n(n2)[C@H](C(F)(F)F)C[C@H](c2ccc4c(c2)OCO4)N3)cc1OC. The molecule has 2 aliphatic rings. The number of amides is 1. The highest BCUT2D eigenvalue weighted by Gasteiger charge is 2.47. The van der Waals surface area contributed by atoms with E-state index >= 15 is 0 Å². The van der Waals surface area contributed by atoms with Crippen LogP contribution in [-0.2, 0) is 6.42 Å². The summed E-state index contributed by atoms with van der Waals surface area (Å²) in [6, 6.07) is 9.23. The van der Waals surface area contributed by atoms with Crippen LogP contribution in [0.1, 0.15) is 40.1 Å². The van der Waals surface area contributed by atoms with Crippen LogP contribution >= 0.6 is 0 Å². The van der Waals surface area contributed by atoms with Gasteiger partial charge < -0.3 is 29.6 Å². The van der Waals surface area contributed by atoms with Gasteiger partial charge in [-0.1, -0.05) is 12.1 Å². The van der Waals surface area contributed by atoms with Gasteiger partial charge >= 0.3 is 6.18 Å². The third kappa shape index (κ3) is 4.95. The Balaban J connectivity index is 1.30. The van der Waals surface area contributed by atoms with Gasteiger partial charge in [-0.25, -0.2) is 4.68 Å². The average Bonchev–Trinajstić information content (AvgIpc) is 3.53. The number of hydrogen-bond acceptors (Lipinski definition) is 7. The van der Waals surface area contributed by atoms with Gasteiger partial charge in [-0.3, -0.25) is 4.79 Å². The van der Waals surface area contributed by atoms with E-state index in [4.69, 9.17) is 18.9 Å². The summed E-state index contributed by atoms with van der Waals surface area (Å²) in [5, 5.41) is 9.81. The fourth-order valence-electron chi connectivity index (χ4n) is 4.48. The van der Waals surface area contributed by atoms with E-state index in [0.717, 1.165) is 10.2 Å². The first-order valence-corrected chi connectivity index (χ1v) is 11.6. The van der Waals surface area contributed by atoms with Crippen LogP contribution in [0.2, 0.25) is 0 Å². The lowest BCUT2D eigenvalue weighted by molar-refractivity contribution is -0.173. The Kier molecular flexibility index (Phi) is 6.48. The summed E-state index contributed by atoms with van der Waals surface area (Å²) in [6.45, 7) is 0.325. The van der Waals surface area contributed by atoms with Gasteiger partial charge in [-0.05, 0) is 41.8 Å². The highest BCUT2D eigenvalue weighted by atomic mass is 19.4. The van der Waals surface area contributed by atoms with Crippen LogP contribution in [0.4, 0.5) is 19.0 Å². The van der Waals surface area contributed by atoms with Gasteiger partial charge in [0.2, 0.25) is 6.79 Å². The molecule has 1 amide bonds. The van der Waals surface area contributed by atoms with E-state index < -0.39 is 24.2 Å². The molecule has 5 rings (SSSR count). The Labute approximate surface area is 210 Å². The molecule has 196 valence electrons. The second kappa shape index (κ2) is 9.75. The maximum atomic E-state index is 14.0. The molecule has 9 nitrogen and oxygen atoms in total. The number of anilines is 1. The van der Waals surface area contributed by atoms with Crippen molar-refractivity contribution in [2.24, 2.45) is 0 Å². The zero-order valence-electron chi connectivity index (χ0n) is 20.1. The molecular formula is C25H25F3N4O5. The van der Waals surface area contributed by atoms with Crippen molar-refractivity contribution in [1.82, 2.24) is 15.1 Å². The van der Waals surface area contributed by atoms with Crippen LogP contribution in [0, 0.1) is 0 Å². The van der Waals surface area contributed by atoms with E-state index in [1.807, 2.05) is 6.07 Å². The molecule has 0 saturated carbocycles. The van der Waals surface area contributed by atoms with E-state index in [9.17, 15) is 18.0 Å². The predicted octanol–water partition coefficient (Wildman–Crippen LogP) is 4.26. The molecule has 3 heterocycles. The Morgan fingerprint density at radius 1 is 1.11 bits per heavy atom. The van der Waals surface area contributed by atoms with Crippen LogP contribution in [0.5, 0.6) is 23.0 Å². The molecule has 0 aliphatic carbocycles. The van der Waals surface area contributed by atoms with Crippen LogP contribution < -0.4 is 29.6 Å². The highest BCUT2D eigenvalue weighted by molar-refractivity contribution is 5.93. The van der Waals surface area contributed by atoms with Crippen molar-refractivity contribution >= 4 is 11.7 Å². The van der Waals surface area contributed by atoms with E-state index in [1.165, 1.54) is 20.3 Å². The van der Waals surface area contributed by atoms with Gasteiger partial charge in [0.15, 0.2) is 34.7 Å². The second-order valence-electron chi connectivity index (χ2n) is 8.66. The first-order chi connectivity index (χ1) is 17.8. The molecule has 2 aliphatic heterocycles. The summed E-state index contributed by atoms with van der Waals surface area (Å²) in [7, 11) is 3.07. The zero-order valence-corrected chi connectivity index (χ0v) is 20.1. The summed E-state index contributed by atoms with van der Waals surface area (Å²) < 4.78 is 64.0. The molecule has 0 bridgehead atoms. The van der Waals surface area contributed by atoms with E-state index in [1.54, 1.807) is 30.3 Å². The molecule has 0 unspecified atom stereocenters. The number of aromatic nitrogens is 2. The number of alkyl halides is 3. The summed E-state index contributed by atoms with van der Waals surface area (Å²) >= 11 is 0. The molecule has 2 N–H and O–H groups in total. The molecule has 0 saturated heterocycles. The summed E-state index contributed by atoms with van der Waals surface area (Å²) in [6.07, 6.45) is -4.37. The van der Waals surface area contributed by atoms with Crippen molar-refractivity contribution in [2.45, 2.75) is 31.1 Å². The third-order valence-corrected chi connectivity index (χ3v) is 6.37. The number of nitrogens with one attached hydrogen (secondary N) is 2. The molecule has 0 radical (unpaired) electrons. The minimum Gasteiger partial charge on any atom is -0.493 e. The van der Waals surface area contributed by atoms with Crippen LogP contribution in [0.15, 0.2) is 42.5 Å². The van der Waals surface area contributed by atoms with Gasteiger partial charge in [0.1, 0.15) is 5.82 Å². The van der Waals surface area contributed by atoms with Gasteiger partial charge in [-0.15, -0.1) is 0 Å². The van der Waals surface area contributed by atoms with Crippen molar-refractivity contribution in [3.8, 4) is 23.0 Å². The number of hydrogen-bond donors (Lipinski definition) is 2. The normalized spacial score (nSPS) is 18.1. The Morgan fingerprint density at radius 2 is 1.89 bits per heavy atom. The summed E-state index contributed by atoms with van der Waals surface area (Å²) in [4.78, 5) is 12.7. The average molecular weight is 518 g/mol. The van der Waals surface area contributed by atoms with E-state index in [-0.39, 0.29) is 31.3 Å². The molecular weight excluding hydrogens is 493 g/mol. The van der Waals surface area contributed by atoms with Crippen molar-refractivity contribution in [1.29, 1.82) is 0 Å². The molecule has 3 aromatic rings. The molecule has 37 heavy (non-hydrogen) atoms. The second-order valence-corrected chi connectivity index (χ2v) is 8.66. The molecule has 2 aromatic carbocycles. The first-order valence-electron chi connectivity index (χ1n) is 11.6. The van der Waals surface area contributed by atoms with E-state index in [0.29, 0.717) is 35.0 Å². The number of carbonyl (C=O) groups is 1. The Morgan fingerprint density at radius 3 is 2.65 bits per heavy atom. The quantitative estimate of drug-likeness (QED) is 0.483. The molecule has 2 atom stereocenters. The van der Waals surface area contributed by atoms with Gasteiger partial charge in [0.25, 0.3) is 5.91 Å². The topological polar surface area (TPSA) is 95.9 Å². The van der Waals surface area contributed by atoms with Crippen LogP contribution in [0.25, 0.3) is 0 Å². The standard InChI is InChI=1S/C25H25F3N4O5/c1-34-18-5-3-14(9-20(18)35-2)7-8-29-24(33)17-12-23-30-16(11-22(25(26,27)28)32(23)31-17)15-4-6-19-21(10-15)37-13-36-19/h3-6,9-10,12,16,22,30H,7-8,11,13H2,1-2H3,(H,29,33)/t16-,22+/m1/s1.